The number of hydrogen-bond acceptors (Lipinski definition) is 5. The van der Waals surface area contributed by atoms with Gasteiger partial charge in [-0.15, -0.1) is 0 Å². The molecule has 1 aliphatic carbocycles. The Morgan fingerprint density at radius 1 is 0.463 bits per heavy atom. The molecule has 3 aromatic heterocycles. The zero-order chi connectivity index (χ0) is 35.6. The molecule has 3 heterocycles. The van der Waals surface area contributed by atoms with Crippen LogP contribution in [0.3, 0.4) is 0 Å². The molecule has 0 bridgehead atoms. The van der Waals surface area contributed by atoms with Crippen LogP contribution in [0.2, 0.25) is 0 Å². The summed E-state index contributed by atoms with van der Waals surface area (Å²) in [6.45, 7) is 0. The van der Waals surface area contributed by atoms with E-state index in [-0.39, 0.29) is 5.92 Å². The Morgan fingerprint density at radius 3 is 2.07 bits per heavy atom. The largest absolute Gasteiger partial charge is 0.456 e. The van der Waals surface area contributed by atoms with Crippen LogP contribution in [0, 0.1) is 0 Å². The average molecular weight is 694 g/mol. The van der Waals surface area contributed by atoms with Gasteiger partial charge in [-0.3, -0.25) is 0 Å². The number of furan rings is 2. The third-order valence-corrected chi connectivity index (χ3v) is 10.7. The number of para-hydroxylation sites is 2. The molecule has 1 unspecified atom stereocenters. The molecule has 0 saturated carbocycles. The first-order valence-corrected chi connectivity index (χ1v) is 18.3. The summed E-state index contributed by atoms with van der Waals surface area (Å²) in [5, 5.41) is 4.19. The van der Waals surface area contributed by atoms with E-state index in [2.05, 4.69) is 133 Å². The van der Waals surface area contributed by atoms with Crippen molar-refractivity contribution >= 4 is 50.0 Å². The number of fused-ring (bicyclic) bond motifs is 7. The third kappa shape index (κ3) is 5.05. The minimum atomic E-state index is 0.00376. The summed E-state index contributed by atoms with van der Waals surface area (Å²) in [6, 6.07) is 54.5. The van der Waals surface area contributed by atoms with Crippen LogP contribution in [0.4, 0.5) is 0 Å². The lowest BCUT2D eigenvalue weighted by Crippen LogP contribution is -2.12. The fourth-order valence-corrected chi connectivity index (χ4v) is 7.99. The fraction of sp³-hybridized carbons (Fsp3) is 0.0408. The molecule has 0 saturated heterocycles. The van der Waals surface area contributed by atoms with Gasteiger partial charge in [0.2, 0.25) is 0 Å². The molecular formula is C49H31N3O2. The van der Waals surface area contributed by atoms with Gasteiger partial charge in [0, 0.05) is 44.2 Å². The maximum Gasteiger partial charge on any atom is 0.164 e. The summed E-state index contributed by atoms with van der Waals surface area (Å²) >= 11 is 0. The van der Waals surface area contributed by atoms with E-state index >= 15 is 0 Å². The number of aromatic nitrogens is 3. The zero-order valence-electron chi connectivity index (χ0n) is 29.1. The number of allylic oxidation sites excluding steroid dienone is 1. The molecule has 11 rings (SSSR count). The second kappa shape index (κ2) is 12.2. The standard InChI is InChI=1S/C49H31N3O2/c1-2-10-30(11-3-1)32-20-23-33(24-21-32)47-50-48(36-25-22-31-12-4-5-13-34(31)28-36)52-49(51-47)41-17-9-19-43-45(41)40-16-8-15-37(46(40)54-43)35-26-27-39-38-14-6-7-18-42(38)53-44(39)29-35/h1-27,29,36H,28H2. The SMILES string of the molecule is C1=CC(c2nc(-c3ccc(-c4ccccc4)cc3)nc(-c3cccc4oc5c(-c6ccc7c(c6)oc6ccccc67)cccc5c34)n2)Cc2ccccc21. The van der Waals surface area contributed by atoms with Crippen LogP contribution < -0.4 is 0 Å². The van der Waals surface area contributed by atoms with Gasteiger partial charge in [0.1, 0.15) is 28.2 Å². The quantitative estimate of drug-likeness (QED) is 0.179. The summed E-state index contributed by atoms with van der Waals surface area (Å²) in [5.74, 6) is 2.02. The lowest BCUT2D eigenvalue weighted by atomic mass is 9.89. The average Bonchev–Trinajstić information content (AvgIpc) is 3.82. The highest BCUT2D eigenvalue weighted by Gasteiger charge is 2.23. The molecule has 0 radical (unpaired) electrons. The molecule has 5 nitrogen and oxygen atoms in total. The smallest absolute Gasteiger partial charge is 0.164 e. The minimum Gasteiger partial charge on any atom is -0.456 e. The summed E-state index contributed by atoms with van der Waals surface area (Å²) in [5.41, 5.74) is 12.0. The number of hydrogen-bond donors (Lipinski definition) is 0. The van der Waals surface area contributed by atoms with Gasteiger partial charge >= 0.3 is 0 Å². The molecule has 0 N–H and O–H groups in total. The molecule has 0 fully saturated rings. The fourth-order valence-electron chi connectivity index (χ4n) is 7.99. The van der Waals surface area contributed by atoms with Crippen molar-refractivity contribution in [3.05, 3.63) is 181 Å². The summed E-state index contributed by atoms with van der Waals surface area (Å²) < 4.78 is 13.0. The first kappa shape index (κ1) is 30.5. The third-order valence-electron chi connectivity index (χ3n) is 10.7. The molecule has 10 aromatic rings. The molecule has 0 spiro atoms. The molecule has 5 heteroatoms. The van der Waals surface area contributed by atoms with Crippen molar-refractivity contribution < 1.29 is 8.83 Å². The van der Waals surface area contributed by atoms with Crippen molar-refractivity contribution in [1.82, 2.24) is 15.0 Å². The highest BCUT2D eigenvalue weighted by molar-refractivity contribution is 6.15. The van der Waals surface area contributed by atoms with E-state index in [9.17, 15) is 0 Å². The normalized spacial score (nSPS) is 14.0. The van der Waals surface area contributed by atoms with E-state index in [0.29, 0.717) is 11.6 Å². The molecule has 0 aliphatic heterocycles. The Hall–Kier alpha value is -7.11. The first-order chi connectivity index (χ1) is 26.7. The van der Waals surface area contributed by atoms with Crippen LogP contribution in [-0.2, 0) is 6.42 Å². The van der Waals surface area contributed by atoms with Crippen molar-refractivity contribution in [2.75, 3.05) is 0 Å². The van der Waals surface area contributed by atoms with Gasteiger partial charge in [-0.2, -0.15) is 0 Å². The van der Waals surface area contributed by atoms with E-state index in [4.69, 9.17) is 23.8 Å². The van der Waals surface area contributed by atoms with Gasteiger partial charge in [-0.25, -0.2) is 15.0 Å². The Balaban J connectivity index is 1.07. The Labute approximate surface area is 310 Å². The van der Waals surface area contributed by atoms with Crippen LogP contribution in [-0.4, -0.2) is 15.0 Å². The molecule has 254 valence electrons. The summed E-state index contributed by atoms with van der Waals surface area (Å²) in [6.07, 6.45) is 5.23. The van der Waals surface area contributed by atoms with E-state index in [1.165, 1.54) is 16.7 Å². The highest BCUT2D eigenvalue weighted by atomic mass is 16.3. The molecule has 1 atom stereocenters. The number of benzene rings is 7. The Bertz CT molecular complexity index is 3080. The van der Waals surface area contributed by atoms with Crippen LogP contribution >= 0.6 is 0 Å². The molecule has 7 aromatic carbocycles. The topological polar surface area (TPSA) is 65.0 Å². The predicted octanol–water partition coefficient (Wildman–Crippen LogP) is 12.7. The van der Waals surface area contributed by atoms with Crippen molar-refractivity contribution in [1.29, 1.82) is 0 Å². The van der Waals surface area contributed by atoms with Gasteiger partial charge in [0.15, 0.2) is 11.6 Å². The van der Waals surface area contributed by atoms with Gasteiger partial charge in [0.25, 0.3) is 0 Å². The van der Waals surface area contributed by atoms with Crippen molar-refractivity contribution in [2.24, 2.45) is 0 Å². The van der Waals surface area contributed by atoms with Gasteiger partial charge in [-0.05, 0) is 58.5 Å². The van der Waals surface area contributed by atoms with E-state index in [1.54, 1.807) is 0 Å². The van der Waals surface area contributed by atoms with Crippen LogP contribution in [0.15, 0.2) is 173 Å². The van der Waals surface area contributed by atoms with E-state index in [1.807, 2.05) is 36.4 Å². The van der Waals surface area contributed by atoms with Crippen molar-refractivity contribution in [2.45, 2.75) is 12.3 Å². The summed E-state index contributed by atoms with van der Waals surface area (Å²) in [4.78, 5) is 15.6. The zero-order valence-corrected chi connectivity index (χ0v) is 29.1. The molecule has 1 aliphatic rings. The van der Waals surface area contributed by atoms with Crippen LogP contribution in [0.5, 0.6) is 0 Å². The molecule has 54 heavy (non-hydrogen) atoms. The van der Waals surface area contributed by atoms with Gasteiger partial charge < -0.3 is 8.83 Å². The van der Waals surface area contributed by atoms with Gasteiger partial charge in [0.05, 0.1) is 0 Å². The lowest BCUT2D eigenvalue weighted by molar-refractivity contribution is 0.668. The van der Waals surface area contributed by atoms with Gasteiger partial charge in [-0.1, -0.05) is 146 Å². The maximum atomic E-state index is 6.71. The second-order valence-corrected chi connectivity index (χ2v) is 13.9. The lowest BCUT2D eigenvalue weighted by Gasteiger charge is -2.19. The van der Waals surface area contributed by atoms with Crippen molar-refractivity contribution in [3.8, 4) is 45.0 Å². The van der Waals surface area contributed by atoms with Crippen LogP contribution in [0.1, 0.15) is 22.9 Å². The maximum absolute atomic E-state index is 6.71. The molecule has 0 amide bonds. The minimum absolute atomic E-state index is 0.00376. The first-order valence-electron chi connectivity index (χ1n) is 18.3. The monoisotopic (exact) mass is 693 g/mol. The predicted molar refractivity (Wildman–Crippen MR) is 218 cm³/mol. The molecular weight excluding hydrogens is 663 g/mol. The highest BCUT2D eigenvalue weighted by Crippen LogP contribution is 2.42. The van der Waals surface area contributed by atoms with E-state index in [0.717, 1.165) is 83.9 Å². The van der Waals surface area contributed by atoms with Crippen LogP contribution in [0.25, 0.3) is 95.0 Å². The second-order valence-electron chi connectivity index (χ2n) is 13.9. The number of nitrogens with zero attached hydrogens (tertiary/aromatic N) is 3. The Morgan fingerprint density at radius 2 is 1.15 bits per heavy atom. The van der Waals surface area contributed by atoms with E-state index < -0.39 is 0 Å². The summed E-state index contributed by atoms with van der Waals surface area (Å²) in [7, 11) is 0. The van der Waals surface area contributed by atoms with Crippen molar-refractivity contribution in [3.63, 3.8) is 0 Å². The Kier molecular flexibility index (Phi) is 6.92. The number of rotatable bonds is 5.